The second-order valence-electron chi connectivity index (χ2n) is 2.92. The highest BCUT2D eigenvalue weighted by Crippen LogP contribution is 2.24. The van der Waals surface area contributed by atoms with Gasteiger partial charge in [0.2, 0.25) is 0 Å². The van der Waals surface area contributed by atoms with Crippen LogP contribution in [0.4, 0.5) is 5.82 Å². The molecule has 0 atom stereocenters. The summed E-state index contributed by atoms with van der Waals surface area (Å²) in [6, 6.07) is 9.52. The van der Waals surface area contributed by atoms with Crippen molar-refractivity contribution in [1.29, 1.82) is 0 Å². The molecule has 15 heavy (non-hydrogen) atoms. The van der Waals surface area contributed by atoms with Crippen molar-refractivity contribution >= 4 is 28.3 Å². The fourth-order valence-corrected chi connectivity index (χ4v) is 1.80. The van der Waals surface area contributed by atoms with Gasteiger partial charge in [0.1, 0.15) is 5.82 Å². The molecule has 0 amide bonds. The molecule has 0 aliphatic heterocycles. The van der Waals surface area contributed by atoms with Crippen molar-refractivity contribution in [1.82, 2.24) is 9.97 Å². The van der Waals surface area contributed by atoms with E-state index in [1.807, 2.05) is 24.3 Å². The Morgan fingerprint density at radius 3 is 2.47 bits per heavy atom. The number of nitrogens with zero attached hydrogens (tertiary/aromatic N) is 2. The molecule has 0 aliphatic carbocycles. The summed E-state index contributed by atoms with van der Waals surface area (Å²) < 4.78 is 0. The van der Waals surface area contributed by atoms with Gasteiger partial charge in [-0.25, -0.2) is 9.97 Å². The van der Waals surface area contributed by atoms with Gasteiger partial charge in [-0.15, -0.1) is 11.7 Å². The van der Waals surface area contributed by atoms with Gasteiger partial charge in [-0.2, -0.15) is 0 Å². The van der Waals surface area contributed by atoms with Crippen molar-refractivity contribution in [2.24, 2.45) is 0 Å². The van der Waals surface area contributed by atoms with Crippen molar-refractivity contribution in [3.8, 4) is 11.4 Å². The highest BCUT2D eigenvalue weighted by molar-refractivity contribution is 8.68. The van der Waals surface area contributed by atoms with Crippen molar-refractivity contribution in [3.05, 3.63) is 36.5 Å². The highest BCUT2D eigenvalue weighted by atomic mass is 33.1. The van der Waals surface area contributed by atoms with Crippen LogP contribution in [0.15, 0.2) is 41.4 Å². The van der Waals surface area contributed by atoms with E-state index in [1.54, 1.807) is 12.3 Å². The normalized spacial score (nSPS) is 10.2. The van der Waals surface area contributed by atoms with E-state index in [1.165, 1.54) is 10.8 Å². The first-order valence-electron chi connectivity index (χ1n) is 4.30. The molecule has 2 N–H and O–H groups in total. The Morgan fingerprint density at radius 2 is 1.87 bits per heavy atom. The lowest BCUT2D eigenvalue weighted by molar-refractivity contribution is 1.18. The molecule has 1 aromatic heterocycles. The van der Waals surface area contributed by atoms with Crippen LogP contribution in [-0.4, -0.2) is 9.97 Å². The van der Waals surface area contributed by atoms with E-state index in [4.69, 9.17) is 5.73 Å². The third kappa shape index (κ3) is 2.43. The molecule has 76 valence electrons. The van der Waals surface area contributed by atoms with E-state index in [0.717, 1.165) is 10.5 Å². The summed E-state index contributed by atoms with van der Waals surface area (Å²) in [5.41, 5.74) is 6.54. The standard InChI is InChI=1S/C10H9N3S2/c11-9-5-6-12-10(13-9)7-1-3-8(15-14)4-2-7/h1-6,14H,(H2,11,12,13). The summed E-state index contributed by atoms with van der Waals surface area (Å²) in [6.07, 6.45) is 1.65. The molecule has 5 heteroatoms. The molecule has 3 nitrogen and oxygen atoms in total. The molecule has 0 saturated heterocycles. The Morgan fingerprint density at radius 1 is 1.13 bits per heavy atom. The van der Waals surface area contributed by atoms with Crippen molar-refractivity contribution in [2.75, 3.05) is 5.73 Å². The topological polar surface area (TPSA) is 51.8 Å². The molecule has 0 aliphatic rings. The lowest BCUT2D eigenvalue weighted by Crippen LogP contribution is -1.94. The fourth-order valence-electron chi connectivity index (χ4n) is 1.18. The number of aromatic nitrogens is 2. The predicted molar refractivity (Wildman–Crippen MR) is 66.7 cm³/mol. The Labute approximate surface area is 96.9 Å². The number of nitrogen functional groups attached to an aromatic ring is 1. The minimum Gasteiger partial charge on any atom is -0.384 e. The van der Waals surface area contributed by atoms with Crippen LogP contribution < -0.4 is 5.73 Å². The SMILES string of the molecule is Nc1ccnc(-c2ccc(SS)cc2)n1. The highest BCUT2D eigenvalue weighted by Gasteiger charge is 2.00. The Balaban J connectivity index is 2.37. The smallest absolute Gasteiger partial charge is 0.161 e. The number of thiol groups is 1. The largest absolute Gasteiger partial charge is 0.384 e. The summed E-state index contributed by atoms with van der Waals surface area (Å²) in [5, 5.41) is 0. The number of anilines is 1. The van der Waals surface area contributed by atoms with Gasteiger partial charge in [0.15, 0.2) is 5.82 Å². The molecular formula is C10H9N3S2. The molecule has 0 fully saturated rings. The van der Waals surface area contributed by atoms with Crippen LogP contribution in [0.25, 0.3) is 11.4 Å². The van der Waals surface area contributed by atoms with Gasteiger partial charge in [-0.05, 0) is 18.2 Å². The van der Waals surface area contributed by atoms with Crippen LogP contribution in [0.1, 0.15) is 0 Å². The zero-order chi connectivity index (χ0) is 10.7. The molecular weight excluding hydrogens is 226 g/mol. The monoisotopic (exact) mass is 235 g/mol. The number of nitrogens with two attached hydrogens (primary N) is 1. The maximum Gasteiger partial charge on any atom is 0.161 e. The third-order valence-electron chi connectivity index (χ3n) is 1.90. The predicted octanol–water partition coefficient (Wildman–Crippen LogP) is 2.66. The second-order valence-corrected chi connectivity index (χ2v) is 4.12. The second kappa shape index (κ2) is 4.55. The van der Waals surface area contributed by atoms with Gasteiger partial charge in [0, 0.05) is 16.7 Å². The molecule has 0 bridgehead atoms. The molecule has 0 unspecified atom stereocenters. The minimum absolute atomic E-state index is 0.479. The molecule has 0 radical (unpaired) electrons. The summed E-state index contributed by atoms with van der Waals surface area (Å²) in [5.74, 6) is 1.12. The van der Waals surface area contributed by atoms with Gasteiger partial charge in [0.05, 0.1) is 0 Å². The number of hydrogen-bond donors (Lipinski definition) is 2. The lowest BCUT2D eigenvalue weighted by Gasteiger charge is -2.01. The van der Waals surface area contributed by atoms with E-state index in [-0.39, 0.29) is 0 Å². The minimum atomic E-state index is 0.479. The lowest BCUT2D eigenvalue weighted by atomic mass is 10.2. The van der Waals surface area contributed by atoms with Crippen LogP contribution in [0.2, 0.25) is 0 Å². The molecule has 2 rings (SSSR count). The number of hydrogen-bond acceptors (Lipinski definition) is 5. The Hall–Kier alpha value is -1.20. The zero-order valence-corrected chi connectivity index (χ0v) is 9.50. The summed E-state index contributed by atoms with van der Waals surface area (Å²) in [4.78, 5) is 9.38. The summed E-state index contributed by atoms with van der Waals surface area (Å²) in [7, 11) is 1.40. The van der Waals surface area contributed by atoms with Gasteiger partial charge in [0.25, 0.3) is 0 Å². The molecule has 1 aromatic carbocycles. The van der Waals surface area contributed by atoms with Crippen LogP contribution in [-0.2, 0) is 0 Å². The average Bonchev–Trinajstić information content (AvgIpc) is 2.29. The Kier molecular flexibility index (Phi) is 3.13. The van der Waals surface area contributed by atoms with Crippen LogP contribution in [0, 0.1) is 0 Å². The summed E-state index contributed by atoms with van der Waals surface area (Å²) >= 11 is 4.11. The van der Waals surface area contributed by atoms with Crippen molar-refractivity contribution < 1.29 is 0 Å². The summed E-state index contributed by atoms with van der Waals surface area (Å²) in [6.45, 7) is 0. The van der Waals surface area contributed by atoms with E-state index in [2.05, 4.69) is 21.6 Å². The van der Waals surface area contributed by atoms with Crippen molar-refractivity contribution in [3.63, 3.8) is 0 Å². The van der Waals surface area contributed by atoms with E-state index >= 15 is 0 Å². The molecule has 0 saturated carbocycles. The molecule has 0 spiro atoms. The van der Waals surface area contributed by atoms with Crippen LogP contribution >= 0.6 is 22.5 Å². The molecule has 1 heterocycles. The van der Waals surface area contributed by atoms with Crippen LogP contribution in [0.5, 0.6) is 0 Å². The van der Waals surface area contributed by atoms with Crippen molar-refractivity contribution in [2.45, 2.75) is 4.90 Å². The number of benzene rings is 1. The van der Waals surface area contributed by atoms with Gasteiger partial charge >= 0.3 is 0 Å². The average molecular weight is 235 g/mol. The van der Waals surface area contributed by atoms with E-state index < -0.39 is 0 Å². The first kappa shape index (κ1) is 10.3. The maximum absolute atomic E-state index is 5.58. The zero-order valence-electron chi connectivity index (χ0n) is 7.79. The van der Waals surface area contributed by atoms with Gasteiger partial charge in [-0.1, -0.05) is 22.9 Å². The first-order valence-corrected chi connectivity index (χ1v) is 6.17. The third-order valence-corrected chi connectivity index (χ3v) is 3.01. The Bertz CT molecular complexity index is 456. The van der Waals surface area contributed by atoms with E-state index in [9.17, 15) is 0 Å². The maximum atomic E-state index is 5.58. The quantitative estimate of drug-likeness (QED) is 0.620. The fraction of sp³-hybridized carbons (Fsp3) is 0. The van der Waals surface area contributed by atoms with Crippen LogP contribution in [0.3, 0.4) is 0 Å². The van der Waals surface area contributed by atoms with Gasteiger partial charge < -0.3 is 5.73 Å². The first-order chi connectivity index (χ1) is 7.29. The van der Waals surface area contributed by atoms with E-state index in [0.29, 0.717) is 11.6 Å². The molecule has 2 aromatic rings. The van der Waals surface area contributed by atoms with Gasteiger partial charge in [-0.3, -0.25) is 0 Å². The number of rotatable bonds is 2.